The first-order valence-electron chi connectivity index (χ1n) is 6.53. The summed E-state index contributed by atoms with van der Waals surface area (Å²) in [5, 5.41) is 12.0. The van der Waals surface area contributed by atoms with Crippen molar-refractivity contribution in [2.45, 2.75) is 43.4 Å². The minimum atomic E-state index is -0.223. The van der Waals surface area contributed by atoms with E-state index in [0.717, 1.165) is 11.4 Å². The summed E-state index contributed by atoms with van der Waals surface area (Å²) in [6.45, 7) is 6.67. The van der Waals surface area contributed by atoms with E-state index >= 15 is 0 Å². The second-order valence-corrected chi connectivity index (χ2v) is 6.00. The van der Waals surface area contributed by atoms with Crippen LogP contribution in [0.4, 0.5) is 4.39 Å². The summed E-state index contributed by atoms with van der Waals surface area (Å²) in [7, 11) is 1.87. The van der Waals surface area contributed by atoms with E-state index in [-0.39, 0.29) is 5.82 Å². The van der Waals surface area contributed by atoms with Crippen LogP contribution < -0.4 is 5.32 Å². The average molecular weight is 294 g/mol. The molecule has 1 aromatic heterocycles. The van der Waals surface area contributed by atoms with E-state index in [9.17, 15) is 4.39 Å². The van der Waals surface area contributed by atoms with Gasteiger partial charge < -0.3 is 9.88 Å². The Balaban J connectivity index is 2.11. The van der Waals surface area contributed by atoms with Crippen molar-refractivity contribution in [3.63, 3.8) is 0 Å². The van der Waals surface area contributed by atoms with Gasteiger partial charge in [-0.1, -0.05) is 19.9 Å². The second-order valence-electron chi connectivity index (χ2n) is 4.99. The van der Waals surface area contributed by atoms with E-state index in [1.165, 1.54) is 11.8 Å². The molecule has 4 nitrogen and oxygen atoms in total. The highest BCUT2D eigenvalue weighted by Gasteiger charge is 2.11. The molecule has 0 aliphatic rings. The maximum absolute atomic E-state index is 14.1. The van der Waals surface area contributed by atoms with Crippen LogP contribution in [0.15, 0.2) is 28.3 Å². The Hall–Kier alpha value is -1.40. The molecular formula is C14H19FN4S. The molecule has 0 radical (unpaired) electrons. The first kappa shape index (κ1) is 15.0. The van der Waals surface area contributed by atoms with Crippen molar-refractivity contribution < 1.29 is 4.39 Å². The Bertz CT molecular complexity index is 595. The standard InChI is InChI=1S/C14H19FN4S/c1-9(2)16-8-11-5-6-13(12(15)7-11)20-14-18-17-10(3)19(14)4/h5-7,9,16H,8H2,1-4H3. The molecule has 0 spiro atoms. The van der Waals surface area contributed by atoms with Crippen molar-refractivity contribution >= 4 is 11.8 Å². The molecule has 20 heavy (non-hydrogen) atoms. The van der Waals surface area contributed by atoms with Crippen molar-refractivity contribution in [1.29, 1.82) is 0 Å². The molecule has 1 heterocycles. The van der Waals surface area contributed by atoms with Gasteiger partial charge in [-0.3, -0.25) is 0 Å². The molecule has 6 heteroatoms. The predicted molar refractivity (Wildman–Crippen MR) is 78.2 cm³/mol. The molecule has 0 amide bonds. The maximum Gasteiger partial charge on any atom is 0.195 e. The molecule has 0 saturated carbocycles. The van der Waals surface area contributed by atoms with E-state index in [0.29, 0.717) is 22.6 Å². The number of aryl methyl sites for hydroxylation is 1. The van der Waals surface area contributed by atoms with Crippen LogP contribution >= 0.6 is 11.8 Å². The Labute approximate surface area is 122 Å². The number of nitrogens with zero attached hydrogens (tertiary/aromatic N) is 3. The minimum Gasteiger partial charge on any atom is -0.310 e. The lowest BCUT2D eigenvalue weighted by molar-refractivity contribution is 0.574. The molecule has 0 atom stereocenters. The molecule has 0 aliphatic carbocycles. The normalized spacial score (nSPS) is 11.3. The molecule has 2 rings (SSSR count). The SMILES string of the molecule is Cc1nnc(Sc2ccc(CNC(C)C)cc2F)n1C. The van der Waals surface area contributed by atoms with E-state index in [2.05, 4.69) is 29.4 Å². The first-order chi connectivity index (χ1) is 9.47. The number of hydrogen-bond donors (Lipinski definition) is 1. The minimum absolute atomic E-state index is 0.223. The van der Waals surface area contributed by atoms with Gasteiger partial charge in [0.25, 0.3) is 0 Å². The fourth-order valence-corrected chi connectivity index (χ4v) is 2.47. The van der Waals surface area contributed by atoms with Gasteiger partial charge in [0.1, 0.15) is 11.6 Å². The second kappa shape index (κ2) is 6.37. The van der Waals surface area contributed by atoms with Gasteiger partial charge in [-0.2, -0.15) is 0 Å². The van der Waals surface area contributed by atoms with Gasteiger partial charge in [0.15, 0.2) is 5.16 Å². The molecule has 108 valence electrons. The van der Waals surface area contributed by atoms with E-state index in [1.54, 1.807) is 12.1 Å². The Morgan fingerprint density at radius 2 is 2.10 bits per heavy atom. The van der Waals surface area contributed by atoms with Crippen molar-refractivity contribution in [3.05, 3.63) is 35.4 Å². The van der Waals surface area contributed by atoms with Crippen molar-refractivity contribution in [2.75, 3.05) is 0 Å². The summed E-state index contributed by atoms with van der Waals surface area (Å²) in [6.07, 6.45) is 0. The summed E-state index contributed by atoms with van der Waals surface area (Å²) >= 11 is 1.29. The molecule has 1 N–H and O–H groups in total. The molecule has 0 bridgehead atoms. The first-order valence-corrected chi connectivity index (χ1v) is 7.34. The van der Waals surface area contributed by atoms with Gasteiger partial charge in [-0.05, 0) is 36.4 Å². The smallest absolute Gasteiger partial charge is 0.195 e. The zero-order valence-electron chi connectivity index (χ0n) is 12.1. The summed E-state index contributed by atoms with van der Waals surface area (Å²) in [5.41, 5.74) is 0.940. The quantitative estimate of drug-likeness (QED) is 0.921. The molecule has 1 aromatic carbocycles. The van der Waals surface area contributed by atoms with Crippen LogP contribution in [0.3, 0.4) is 0 Å². The molecule has 0 fully saturated rings. The van der Waals surface area contributed by atoms with Crippen LogP contribution in [-0.4, -0.2) is 20.8 Å². The van der Waals surface area contributed by atoms with Gasteiger partial charge in [0, 0.05) is 19.6 Å². The predicted octanol–water partition coefficient (Wildman–Crippen LogP) is 2.91. The summed E-state index contributed by atoms with van der Waals surface area (Å²) in [5.74, 6) is 0.587. The Kier molecular flexibility index (Phi) is 4.77. The monoisotopic (exact) mass is 294 g/mol. The molecular weight excluding hydrogens is 275 g/mol. The lowest BCUT2D eigenvalue weighted by Crippen LogP contribution is -2.21. The van der Waals surface area contributed by atoms with Gasteiger partial charge in [-0.15, -0.1) is 10.2 Å². The Morgan fingerprint density at radius 3 is 2.65 bits per heavy atom. The molecule has 0 aliphatic heterocycles. The number of halogens is 1. The topological polar surface area (TPSA) is 42.7 Å². The van der Waals surface area contributed by atoms with Gasteiger partial charge in [0.05, 0.1) is 4.90 Å². The zero-order chi connectivity index (χ0) is 14.7. The number of benzene rings is 1. The highest BCUT2D eigenvalue weighted by molar-refractivity contribution is 7.99. The van der Waals surface area contributed by atoms with E-state index in [1.807, 2.05) is 24.6 Å². The number of nitrogens with one attached hydrogen (secondary N) is 1. The lowest BCUT2D eigenvalue weighted by atomic mass is 10.2. The third kappa shape index (κ3) is 3.58. The fourth-order valence-electron chi connectivity index (χ4n) is 1.63. The number of rotatable bonds is 5. The Morgan fingerprint density at radius 1 is 1.35 bits per heavy atom. The van der Waals surface area contributed by atoms with Crippen molar-refractivity contribution in [3.8, 4) is 0 Å². The zero-order valence-corrected chi connectivity index (χ0v) is 13.0. The van der Waals surface area contributed by atoms with E-state index < -0.39 is 0 Å². The maximum atomic E-state index is 14.1. The lowest BCUT2D eigenvalue weighted by Gasteiger charge is -2.09. The van der Waals surface area contributed by atoms with Crippen LogP contribution in [0, 0.1) is 12.7 Å². The summed E-state index contributed by atoms with van der Waals surface area (Å²) < 4.78 is 15.9. The summed E-state index contributed by atoms with van der Waals surface area (Å²) in [6, 6.07) is 5.68. The van der Waals surface area contributed by atoms with Crippen LogP contribution in [-0.2, 0) is 13.6 Å². The van der Waals surface area contributed by atoms with Gasteiger partial charge >= 0.3 is 0 Å². The highest BCUT2D eigenvalue weighted by atomic mass is 32.2. The third-order valence-corrected chi connectivity index (χ3v) is 4.05. The van der Waals surface area contributed by atoms with Crippen LogP contribution in [0.1, 0.15) is 25.2 Å². The van der Waals surface area contributed by atoms with Crippen LogP contribution in [0.2, 0.25) is 0 Å². The largest absolute Gasteiger partial charge is 0.310 e. The van der Waals surface area contributed by atoms with Crippen molar-refractivity contribution in [2.24, 2.45) is 7.05 Å². The van der Waals surface area contributed by atoms with E-state index in [4.69, 9.17) is 0 Å². The number of aromatic nitrogens is 3. The average Bonchev–Trinajstić information content (AvgIpc) is 2.71. The molecule has 0 unspecified atom stereocenters. The number of hydrogen-bond acceptors (Lipinski definition) is 4. The summed E-state index contributed by atoms with van der Waals surface area (Å²) in [4.78, 5) is 0.564. The molecule has 2 aromatic rings. The third-order valence-electron chi connectivity index (χ3n) is 2.96. The highest BCUT2D eigenvalue weighted by Crippen LogP contribution is 2.28. The van der Waals surface area contributed by atoms with Gasteiger partial charge in [-0.25, -0.2) is 4.39 Å². The van der Waals surface area contributed by atoms with Crippen molar-refractivity contribution in [1.82, 2.24) is 20.1 Å². The molecule has 0 saturated heterocycles. The fraction of sp³-hybridized carbons (Fsp3) is 0.429. The van der Waals surface area contributed by atoms with Gasteiger partial charge in [0.2, 0.25) is 0 Å². The van der Waals surface area contributed by atoms with Crippen LogP contribution in [0.25, 0.3) is 0 Å². The van der Waals surface area contributed by atoms with Crippen LogP contribution in [0.5, 0.6) is 0 Å².